The van der Waals surface area contributed by atoms with Crippen LogP contribution >= 0.6 is 0 Å². The molecule has 3 rings (SSSR count). The van der Waals surface area contributed by atoms with Crippen molar-refractivity contribution in [3.05, 3.63) is 17.5 Å². The van der Waals surface area contributed by atoms with Gasteiger partial charge in [0.15, 0.2) is 0 Å². The van der Waals surface area contributed by atoms with E-state index >= 15 is 0 Å². The topological polar surface area (TPSA) is 76.5 Å². The fourth-order valence-electron chi connectivity index (χ4n) is 3.94. The molecule has 0 radical (unpaired) electrons. The number of nitrogens with one attached hydrogen (secondary N) is 1. The van der Waals surface area contributed by atoms with E-state index in [9.17, 15) is 8.42 Å². The Kier molecular flexibility index (Phi) is 5.01. The van der Waals surface area contributed by atoms with Crippen molar-refractivity contribution in [2.45, 2.75) is 50.8 Å². The van der Waals surface area contributed by atoms with Crippen LogP contribution in [0, 0.1) is 6.92 Å². The molecule has 3 heterocycles. The minimum absolute atomic E-state index is 0.000804. The first-order chi connectivity index (χ1) is 11.2. The monoisotopic (exact) mass is 356 g/mol. The summed E-state index contributed by atoms with van der Waals surface area (Å²) in [5.74, 6) is 0. The van der Waals surface area contributed by atoms with Gasteiger partial charge in [-0.15, -0.1) is 0 Å². The second-order valence-electron chi connectivity index (χ2n) is 7.30. The molecule has 136 valence electrons. The standard InChI is InChI=1S/C16H28N4O3S/c1-13-14(11-19(2)17-13)12-20-7-5-16(6-8-20)10-15(4-9-23-16)18-24(3,21)22/h11,15,18H,4-10,12H2,1-3H3/t15-/m1/s1. The predicted octanol–water partition coefficient (Wildman–Crippen LogP) is 0.791. The Bertz CT molecular complexity index is 677. The highest BCUT2D eigenvalue weighted by Crippen LogP contribution is 2.35. The van der Waals surface area contributed by atoms with Crippen LogP contribution in [0.4, 0.5) is 0 Å². The van der Waals surface area contributed by atoms with Gasteiger partial charge in [0.2, 0.25) is 10.0 Å². The Morgan fingerprint density at radius 1 is 1.42 bits per heavy atom. The molecule has 0 aromatic carbocycles. The molecule has 2 aliphatic heterocycles. The van der Waals surface area contributed by atoms with Gasteiger partial charge in [-0.2, -0.15) is 5.10 Å². The number of aromatic nitrogens is 2. The highest BCUT2D eigenvalue weighted by Gasteiger charge is 2.40. The van der Waals surface area contributed by atoms with Gasteiger partial charge in [0.25, 0.3) is 0 Å². The molecule has 0 aliphatic carbocycles. The van der Waals surface area contributed by atoms with Gasteiger partial charge in [-0.3, -0.25) is 9.58 Å². The largest absolute Gasteiger partial charge is 0.375 e. The number of ether oxygens (including phenoxy) is 1. The van der Waals surface area contributed by atoms with Crippen LogP contribution in [0.1, 0.15) is 36.9 Å². The van der Waals surface area contributed by atoms with Crippen LogP contribution in [-0.4, -0.2) is 60.7 Å². The summed E-state index contributed by atoms with van der Waals surface area (Å²) in [6.07, 6.45) is 6.76. The van der Waals surface area contributed by atoms with Crippen LogP contribution in [0.3, 0.4) is 0 Å². The molecular formula is C16H28N4O3S. The summed E-state index contributed by atoms with van der Waals surface area (Å²) >= 11 is 0. The van der Waals surface area contributed by atoms with E-state index < -0.39 is 10.0 Å². The van der Waals surface area contributed by atoms with E-state index in [0.29, 0.717) is 6.61 Å². The average molecular weight is 356 g/mol. The van der Waals surface area contributed by atoms with Gasteiger partial charge in [-0.25, -0.2) is 13.1 Å². The van der Waals surface area contributed by atoms with Gasteiger partial charge in [-0.1, -0.05) is 0 Å². The number of likely N-dealkylation sites (tertiary alicyclic amines) is 1. The van der Waals surface area contributed by atoms with Crippen molar-refractivity contribution in [1.29, 1.82) is 0 Å². The van der Waals surface area contributed by atoms with Crippen LogP contribution in [0.2, 0.25) is 0 Å². The molecule has 1 aromatic rings. The van der Waals surface area contributed by atoms with Crippen molar-refractivity contribution in [2.24, 2.45) is 7.05 Å². The fourth-order valence-corrected chi connectivity index (χ4v) is 4.75. The molecule has 2 aliphatic rings. The number of sulfonamides is 1. The Morgan fingerprint density at radius 3 is 2.71 bits per heavy atom. The predicted molar refractivity (Wildman–Crippen MR) is 92.1 cm³/mol. The molecule has 2 fully saturated rings. The quantitative estimate of drug-likeness (QED) is 0.863. The summed E-state index contributed by atoms with van der Waals surface area (Å²) in [4.78, 5) is 2.44. The van der Waals surface area contributed by atoms with Crippen molar-refractivity contribution in [3.63, 3.8) is 0 Å². The maximum absolute atomic E-state index is 11.5. The Balaban J connectivity index is 1.56. The first-order valence-corrected chi connectivity index (χ1v) is 10.5. The lowest BCUT2D eigenvalue weighted by Crippen LogP contribution is -2.53. The SMILES string of the molecule is Cc1nn(C)cc1CN1CCC2(CC1)C[C@H](NS(C)(=O)=O)CCO2. The number of rotatable bonds is 4. The minimum atomic E-state index is -3.16. The maximum atomic E-state index is 11.5. The number of piperidine rings is 1. The summed E-state index contributed by atoms with van der Waals surface area (Å²) in [7, 11) is -1.21. The third-order valence-electron chi connectivity index (χ3n) is 5.15. The summed E-state index contributed by atoms with van der Waals surface area (Å²) in [5, 5.41) is 4.40. The zero-order chi connectivity index (χ0) is 17.4. The third kappa shape index (κ3) is 4.36. The number of nitrogens with zero attached hydrogens (tertiary/aromatic N) is 3. The highest BCUT2D eigenvalue weighted by molar-refractivity contribution is 7.88. The third-order valence-corrected chi connectivity index (χ3v) is 5.91. The minimum Gasteiger partial charge on any atom is -0.375 e. The normalized spacial score (nSPS) is 25.2. The molecular weight excluding hydrogens is 328 g/mol. The molecule has 1 aromatic heterocycles. The Morgan fingerprint density at radius 2 is 2.12 bits per heavy atom. The summed E-state index contributed by atoms with van der Waals surface area (Å²) in [6.45, 7) is 5.54. The van der Waals surface area contributed by atoms with Crippen LogP contribution in [0.5, 0.6) is 0 Å². The molecule has 0 amide bonds. The number of aryl methyl sites for hydroxylation is 2. The second kappa shape index (κ2) is 6.74. The number of hydrogen-bond acceptors (Lipinski definition) is 5. The lowest BCUT2D eigenvalue weighted by Gasteiger charge is -2.46. The first-order valence-electron chi connectivity index (χ1n) is 8.57. The van der Waals surface area contributed by atoms with Crippen molar-refractivity contribution >= 4 is 10.0 Å². The van der Waals surface area contributed by atoms with Gasteiger partial charge in [0.1, 0.15) is 0 Å². The average Bonchev–Trinajstić information content (AvgIpc) is 2.78. The van der Waals surface area contributed by atoms with Gasteiger partial charge in [-0.05, 0) is 32.6 Å². The van der Waals surface area contributed by atoms with E-state index in [4.69, 9.17) is 4.74 Å². The molecule has 8 heteroatoms. The van der Waals surface area contributed by atoms with Crippen molar-refractivity contribution in [3.8, 4) is 0 Å². The first kappa shape index (κ1) is 17.8. The van der Waals surface area contributed by atoms with E-state index in [0.717, 1.165) is 51.0 Å². The van der Waals surface area contributed by atoms with Crippen molar-refractivity contribution in [1.82, 2.24) is 19.4 Å². The van der Waals surface area contributed by atoms with E-state index in [-0.39, 0.29) is 11.6 Å². The molecule has 24 heavy (non-hydrogen) atoms. The van der Waals surface area contributed by atoms with Crippen molar-refractivity contribution in [2.75, 3.05) is 26.0 Å². The molecule has 0 saturated carbocycles. The van der Waals surface area contributed by atoms with Gasteiger partial charge < -0.3 is 4.74 Å². The Labute approximate surface area is 144 Å². The van der Waals surface area contributed by atoms with Gasteiger partial charge in [0, 0.05) is 51.1 Å². The summed E-state index contributed by atoms with van der Waals surface area (Å²) in [5.41, 5.74) is 2.19. The van der Waals surface area contributed by atoms with Crippen LogP contribution < -0.4 is 4.72 Å². The molecule has 2 saturated heterocycles. The van der Waals surface area contributed by atoms with Gasteiger partial charge >= 0.3 is 0 Å². The number of hydrogen-bond donors (Lipinski definition) is 1. The summed E-state index contributed by atoms with van der Waals surface area (Å²) < 4.78 is 33.7. The van der Waals surface area contributed by atoms with Crippen LogP contribution in [0.15, 0.2) is 6.20 Å². The molecule has 1 atom stereocenters. The lowest BCUT2D eigenvalue weighted by molar-refractivity contribution is -0.118. The molecule has 1 spiro atoms. The highest BCUT2D eigenvalue weighted by atomic mass is 32.2. The second-order valence-corrected chi connectivity index (χ2v) is 9.08. The van der Waals surface area contributed by atoms with E-state index in [2.05, 4.69) is 20.9 Å². The van der Waals surface area contributed by atoms with Gasteiger partial charge in [0.05, 0.1) is 17.6 Å². The molecule has 1 N–H and O–H groups in total. The molecule has 0 unspecified atom stereocenters. The lowest BCUT2D eigenvalue weighted by atomic mass is 9.82. The zero-order valence-electron chi connectivity index (χ0n) is 14.8. The fraction of sp³-hybridized carbons (Fsp3) is 0.812. The van der Waals surface area contributed by atoms with E-state index in [1.54, 1.807) is 0 Å². The van der Waals surface area contributed by atoms with Crippen molar-refractivity contribution < 1.29 is 13.2 Å². The van der Waals surface area contributed by atoms with E-state index in [1.807, 2.05) is 18.7 Å². The smallest absolute Gasteiger partial charge is 0.208 e. The Hall–Kier alpha value is -0.960. The van der Waals surface area contributed by atoms with Crippen LogP contribution in [0.25, 0.3) is 0 Å². The molecule has 7 nitrogen and oxygen atoms in total. The maximum Gasteiger partial charge on any atom is 0.208 e. The molecule has 0 bridgehead atoms. The summed E-state index contributed by atoms with van der Waals surface area (Å²) in [6, 6.07) is 0.000804. The van der Waals surface area contributed by atoms with E-state index in [1.165, 1.54) is 11.8 Å². The zero-order valence-corrected chi connectivity index (χ0v) is 15.6. The van der Waals surface area contributed by atoms with Crippen LogP contribution in [-0.2, 0) is 28.4 Å².